The molecule has 16 heavy (non-hydrogen) atoms. The van der Waals surface area contributed by atoms with E-state index in [0.717, 1.165) is 26.1 Å². The Bertz CT molecular complexity index is 282. The molecule has 1 aliphatic rings. The molecule has 4 nitrogen and oxygen atoms in total. The van der Waals surface area contributed by atoms with Gasteiger partial charge >= 0.3 is 0 Å². The van der Waals surface area contributed by atoms with Crippen molar-refractivity contribution in [3.63, 3.8) is 0 Å². The first-order chi connectivity index (χ1) is 7.56. The topological polar surface area (TPSA) is 47.3 Å². The molecule has 1 amide bonds. The second-order valence-corrected chi connectivity index (χ2v) is 4.86. The van der Waals surface area contributed by atoms with E-state index in [9.17, 15) is 4.79 Å². The van der Waals surface area contributed by atoms with Gasteiger partial charge in [-0.25, -0.2) is 0 Å². The smallest absolute Gasteiger partial charge is 0.240 e. The third kappa shape index (κ3) is 3.21. The average Bonchev–Trinajstić information content (AvgIpc) is 2.24. The summed E-state index contributed by atoms with van der Waals surface area (Å²) in [5.41, 5.74) is 0. The van der Waals surface area contributed by atoms with Crippen LogP contribution < -0.4 is 0 Å². The highest BCUT2D eigenvalue weighted by atomic mass is 16.2. The summed E-state index contributed by atoms with van der Waals surface area (Å²) in [5, 5.41) is 8.77. The van der Waals surface area contributed by atoms with Crippen LogP contribution in [0.3, 0.4) is 0 Å². The van der Waals surface area contributed by atoms with Crippen molar-refractivity contribution in [1.29, 1.82) is 5.26 Å². The van der Waals surface area contributed by atoms with Crippen molar-refractivity contribution < 1.29 is 4.79 Å². The molecular weight excluding hydrogens is 202 g/mol. The standard InChI is InChI=1S/C12H21N3O/c1-10(2)5-7-15-9-8-14(3)12(16)11(15)4-6-13/h10-11H,4-5,7-9H2,1-3H3. The second kappa shape index (κ2) is 5.86. The van der Waals surface area contributed by atoms with E-state index in [1.165, 1.54) is 0 Å². The van der Waals surface area contributed by atoms with Crippen LogP contribution in [-0.4, -0.2) is 48.4 Å². The lowest BCUT2D eigenvalue weighted by Crippen LogP contribution is -2.55. The van der Waals surface area contributed by atoms with Crippen LogP contribution in [0.5, 0.6) is 0 Å². The monoisotopic (exact) mass is 223 g/mol. The Morgan fingerprint density at radius 1 is 1.50 bits per heavy atom. The number of carbonyl (C=O) groups is 1. The van der Waals surface area contributed by atoms with Gasteiger partial charge in [-0.3, -0.25) is 9.69 Å². The molecule has 1 fully saturated rings. The lowest BCUT2D eigenvalue weighted by molar-refractivity contribution is -0.140. The van der Waals surface area contributed by atoms with Gasteiger partial charge < -0.3 is 4.90 Å². The summed E-state index contributed by atoms with van der Waals surface area (Å²) in [6.45, 7) is 6.94. The molecule has 0 N–H and O–H groups in total. The van der Waals surface area contributed by atoms with E-state index in [2.05, 4.69) is 24.8 Å². The maximum atomic E-state index is 11.9. The number of hydrogen-bond donors (Lipinski definition) is 0. The zero-order valence-corrected chi connectivity index (χ0v) is 10.4. The van der Waals surface area contributed by atoms with Crippen LogP contribution in [0.4, 0.5) is 0 Å². The quantitative estimate of drug-likeness (QED) is 0.716. The van der Waals surface area contributed by atoms with Gasteiger partial charge in [0.25, 0.3) is 0 Å². The molecule has 4 heteroatoms. The van der Waals surface area contributed by atoms with Crippen molar-refractivity contribution in [2.75, 3.05) is 26.7 Å². The lowest BCUT2D eigenvalue weighted by atomic mass is 10.1. The van der Waals surface area contributed by atoms with Crippen molar-refractivity contribution in [1.82, 2.24) is 9.80 Å². The summed E-state index contributed by atoms with van der Waals surface area (Å²) >= 11 is 0. The molecule has 1 saturated heterocycles. The average molecular weight is 223 g/mol. The van der Waals surface area contributed by atoms with Gasteiger partial charge in [0.1, 0.15) is 6.04 Å². The van der Waals surface area contributed by atoms with E-state index in [1.54, 1.807) is 4.90 Å². The molecule has 1 rings (SSSR count). The number of piperazine rings is 1. The summed E-state index contributed by atoms with van der Waals surface area (Å²) in [5.74, 6) is 0.731. The van der Waals surface area contributed by atoms with Crippen LogP contribution in [0.15, 0.2) is 0 Å². The zero-order chi connectivity index (χ0) is 12.1. The maximum absolute atomic E-state index is 11.9. The normalized spacial score (nSPS) is 22.6. The maximum Gasteiger partial charge on any atom is 0.240 e. The second-order valence-electron chi connectivity index (χ2n) is 4.86. The van der Waals surface area contributed by atoms with Gasteiger partial charge in [-0.1, -0.05) is 13.8 Å². The molecule has 1 aliphatic heterocycles. The summed E-state index contributed by atoms with van der Waals surface area (Å²) in [6, 6.07) is 1.90. The molecule has 0 spiro atoms. The minimum atomic E-state index is -0.220. The lowest BCUT2D eigenvalue weighted by Gasteiger charge is -2.38. The first kappa shape index (κ1) is 13.0. The first-order valence-corrected chi connectivity index (χ1v) is 5.92. The van der Waals surface area contributed by atoms with E-state index < -0.39 is 0 Å². The Hall–Kier alpha value is -1.08. The Balaban J connectivity index is 2.60. The van der Waals surface area contributed by atoms with Gasteiger partial charge in [-0.05, 0) is 18.9 Å². The molecule has 0 aromatic carbocycles. The highest BCUT2D eigenvalue weighted by molar-refractivity contribution is 5.82. The summed E-state index contributed by atoms with van der Waals surface area (Å²) < 4.78 is 0. The summed E-state index contributed by atoms with van der Waals surface area (Å²) in [6.07, 6.45) is 1.39. The number of likely N-dealkylation sites (N-methyl/N-ethyl adjacent to an activating group) is 1. The van der Waals surface area contributed by atoms with Crippen molar-refractivity contribution >= 4 is 5.91 Å². The Morgan fingerprint density at radius 3 is 2.75 bits per heavy atom. The van der Waals surface area contributed by atoms with Gasteiger partial charge in [-0.15, -0.1) is 0 Å². The highest BCUT2D eigenvalue weighted by Crippen LogP contribution is 2.15. The van der Waals surface area contributed by atoms with E-state index >= 15 is 0 Å². The molecular formula is C12H21N3O. The third-order valence-electron chi connectivity index (χ3n) is 3.10. The van der Waals surface area contributed by atoms with Gasteiger partial charge in [0.2, 0.25) is 5.91 Å². The zero-order valence-electron chi connectivity index (χ0n) is 10.4. The fourth-order valence-corrected chi connectivity index (χ4v) is 1.95. The van der Waals surface area contributed by atoms with Gasteiger partial charge in [0, 0.05) is 20.1 Å². The number of amides is 1. The van der Waals surface area contributed by atoms with E-state index in [1.807, 2.05) is 7.05 Å². The van der Waals surface area contributed by atoms with Crippen LogP contribution in [0.1, 0.15) is 26.7 Å². The minimum Gasteiger partial charge on any atom is -0.343 e. The van der Waals surface area contributed by atoms with Crippen molar-refractivity contribution in [2.45, 2.75) is 32.7 Å². The molecule has 0 bridgehead atoms. The third-order valence-corrected chi connectivity index (χ3v) is 3.10. The summed E-state index contributed by atoms with van der Waals surface area (Å²) in [7, 11) is 1.81. The largest absolute Gasteiger partial charge is 0.343 e. The fourth-order valence-electron chi connectivity index (χ4n) is 1.95. The van der Waals surface area contributed by atoms with E-state index in [0.29, 0.717) is 12.3 Å². The predicted octanol–water partition coefficient (Wildman–Crippen LogP) is 1.09. The Kier molecular flexibility index (Phi) is 4.75. The SMILES string of the molecule is CC(C)CCN1CCN(C)C(=O)C1CC#N. The van der Waals surface area contributed by atoms with Crippen molar-refractivity contribution in [2.24, 2.45) is 5.92 Å². The molecule has 90 valence electrons. The van der Waals surface area contributed by atoms with Crippen LogP contribution >= 0.6 is 0 Å². The predicted molar refractivity (Wildman–Crippen MR) is 62.7 cm³/mol. The molecule has 0 radical (unpaired) electrons. The van der Waals surface area contributed by atoms with Crippen molar-refractivity contribution in [3.05, 3.63) is 0 Å². The molecule has 1 heterocycles. The van der Waals surface area contributed by atoms with Crippen LogP contribution in [0.2, 0.25) is 0 Å². The molecule has 1 atom stereocenters. The van der Waals surface area contributed by atoms with Gasteiger partial charge in [-0.2, -0.15) is 5.26 Å². The highest BCUT2D eigenvalue weighted by Gasteiger charge is 2.32. The Labute approximate surface area is 97.8 Å². The Morgan fingerprint density at radius 2 is 2.19 bits per heavy atom. The van der Waals surface area contributed by atoms with Crippen LogP contribution in [-0.2, 0) is 4.79 Å². The molecule has 1 unspecified atom stereocenters. The van der Waals surface area contributed by atoms with E-state index in [-0.39, 0.29) is 11.9 Å². The summed E-state index contributed by atoms with van der Waals surface area (Å²) in [4.78, 5) is 15.8. The molecule has 0 aromatic rings. The number of rotatable bonds is 4. The van der Waals surface area contributed by atoms with Crippen molar-refractivity contribution in [3.8, 4) is 6.07 Å². The van der Waals surface area contributed by atoms with Gasteiger partial charge in [0.15, 0.2) is 0 Å². The number of hydrogen-bond acceptors (Lipinski definition) is 3. The van der Waals surface area contributed by atoms with Crippen LogP contribution in [0, 0.1) is 17.2 Å². The van der Waals surface area contributed by atoms with E-state index in [4.69, 9.17) is 5.26 Å². The number of nitriles is 1. The molecule has 0 aromatic heterocycles. The van der Waals surface area contributed by atoms with Gasteiger partial charge in [0.05, 0.1) is 12.5 Å². The molecule has 0 saturated carbocycles. The minimum absolute atomic E-state index is 0.0940. The molecule has 0 aliphatic carbocycles. The number of carbonyl (C=O) groups excluding carboxylic acids is 1. The fraction of sp³-hybridized carbons (Fsp3) is 0.833. The van der Waals surface area contributed by atoms with Crippen LogP contribution in [0.25, 0.3) is 0 Å². The first-order valence-electron chi connectivity index (χ1n) is 5.92. The number of nitrogens with zero attached hydrogens (tertiary/aromatic N) is 3.